The van der Waals surface area contributed by atoms with Crippen LogP contribution in [-0.4, -0.2) is 4.99 Å². The number of ether oxygens (including phenoxy) is 1. The van der Waals surface area contributed by atoms with Gasteiger partial charge in [0.1, 0.15) is 16.5 Å². The molecule has 0 radical (unpaired) electrons. The maximum atomic E-state index is 6.04. The molecule has 2 aromatic carbocycles. The van der Waals surface area contributed by atoms with Gasteiger partial charge in [-0.05, 0) is 42.8 Å². The van der Waals surface area contributed by atoms with Gasteiger partial charge in [0.25, 0.3) is 0 Å². The van der Waals surface area contributed by atoms with Crippen molar-refractivity contribution in [3.8, 4) is 11.5 Å². The molecule has 0 unspecified atom stereocenters. The van der Waals surface area contributed by atoms with Gasteiger partial charge in [0.15, 0.2) is 0 Å². The molecule has 5 heteroatoms. The standard InChI is InChI=1S/C14H11Cl2NOS/c1-8-6-10(3-4-11(8)14(17)19)18-13-7-9(15)2-5-12(13)16/h2-7H,1H3,(H2,17,19). The van der Waals surface area contributed by atoms with E-state index < -0.39 is 0 Å². The quantitative estimate of drug-likeness (QED) is 0.832. The third-order valence-corrected chi connectivity index (χ3v) is 3.35. The number of hydrogen-bond donors (Lipinski definition) is 1. The van der Waals surface area contributed by atoms with Crippen LogP contribution in [0.5, 0.6) is 11.5 Å². The number of halogens is 2. The minimum Gasteiger partial charge on any atom is -0.456 e. The highest BCUT2D eigenvalue weighted by molar-refractivity contribution is 7.80. The Balaban J connectivity index is 2.31. The van der Waals surface area contributed by atoms with Crippen LogP contribution < -0.4 is 10.5 Å². The van der Waals surface area contributed by atoms with Crippen molar-refractivity contribution in [1.82, 2.24) is 0 Å². The molecule has 0 aliphatic heterocycles. The van der Waals surface area contributed by atoms with E-state index in [0.29, 0.717) is 26.5 Å². The first-order valence-corrected chi connectivity index (χ1v) is 6.67. The fraction of sp³-hybridized carbons (Fsp3) is 0.0714. The van der Waals surface area contributed by atoms with Crippen molar-refractivity contribution in [3.63, 3.8) is 0 Å². The maximum Gasteiger partial charge on any atom is 0.147 e. The second-order valence-electron chi connectivity index (χ2n) is 4.02. The molecule has 98 valence electrons. The van der Waals surface area contributed by atoms with E-state index in [9.17, 15) is 0 Å². The summed E-state index contributed by atoms with van der Waals surface area (Å²) in [6, 6.07) is 10.5. The van der Waals surface area contributed by atoms with Gasteiger partial charge in [-0.1, -0.05) is 35.4 Å². The monoisotopic (exact) mass is 311 g/mol. The summed E-state index contributed by atoms with van der Waals surface area (Å²) in [6.45, 7) is 1.92. The van der Waals surface area contributed by atoms with Gasteiger partial charge in [-0.25, -0.2) is 0 Å². The van der Waals surface area contributed by atoms with E-state index >= 15 is 0 Å². The summed E-state index contributed by atoms with van der Waals surface area (Å²) in [4.78, 5) is 0.366. The van der Waals surface area contributed by atoms with Crippen LogP contribution in [0.25, 0.3) is 0 Å². The van der Waals surface area contributed by atoms with Crippen LogP contribution in [0.3, 0.4) is 0 Å². The van der Waals surface area contributed by atoms with E-state index in [1.54, 1.807) is 24.3 Å². The predicted molar refractivity (Wildman–Crippen MR) is 83.6 cm³/mol. The van der Waals surface area contributed by atoms with Gasteiger partial charge < -0.3 is 10.5 Å². The van der Waals surface area contributed by atoms with Crippen molar-refractivity contribution in [2.45, 2.75) is 6.92 Å². The highest BCUT2D eigenvalue weighted by atomic mass is 35.5. The molecule has 0 saturated carbocycles. The first kappa shape index (κ1) is 14.1. The summed E-state index contributed by atoms with van der Waals surface area (Å²) in [5, 5.41) is 1.07. The van der Waals surface area contributed by atoms with Crippen LogP contribution in [0.1, 0.15) is 11.1 Å². The van der Waals surface area contributed by atoms with Crippen LogP contribution in [-0.2, 0) is 0 Å². The van der Waals surface area contributed by atoms with Crippen LogP contribution in [0.2, 0.25) is 10.0 Å². The normalized spacial score (nSPS) is 10.3. The molecule has 0 aromatic heterocycles. The molecule has 2 N–H and O–H groups in total. The minimum atomic E-state index is 0.366. The number of rotatable bonds is 3. The first-order chi connectivity index (χ1) is 8.97. The molecular weight excluding hydrogens is 301 g/mol. The van der Waals surface area contributed by atoms with Gasteiger partial charge in [-0.15, -0.1) is 0 Å². The zero-order chi connectivity index (χ0) is 14.0. The lowest BCUT2D eigenvalue weighted by atomic mass is 10.1. The molecule has 0 aliphatic carbocycles. The minimum absolute atomic E-state index is 0.366. The third kappa shape index (κ3) is 3.38. The number of nitrogens with two attached hydrogens (primary N) is 1. The van der Waals surface area contributed by atoms with Crippen molar-refractivity contribution < 1.29 is 4.74 Å². The Kier molecular flexibility index (Phi) is 4.30. The van der Waals surface area contributed by atoms with Crippen molar-refractivity contribution in [2.75, 3.05) is 0 Å². The number of aryl methyl sites for hydroxylation is 1. The molecule has 0 amide bonds. The van der Waals surface area contributed by atoms with E-state index in [1.807, 2.05) is 19.1 Å². The summed E-state index contributed by atoms with van der Waals surface area (Å²) in [5.74, 6) is 1.17. The summed E-state index contributed by atoms with van der Waals surface area (Å²) >= 11 is 16.9. The van der Waals surface area contributed by atoms with Gasteiger partial charge >= 0.3 is 0 Å². The summed E-state index contributed by atoms with van der Waals surface area (Å²) in [6.07, 6.45) is 0. The molecule has 0 atom stereocenters. The van der Waals surface area contributed by atoms with E-state index in [0.717, 1.165) is 11.1 Å². The van der Waals surface area contributed by atoms with Gasteiger partial charge in [0, 0.05) is 16.7 Å². The third-order valence-electron chi connectivity index (χ3n) is 2.58. The zero-order valence-electron chi connectivity index (χ0n) is 10.1. The van der Waals surface area contributed by atoms with Crippen molar-refractivity contribution in [1.29, 1.82) is 0 Å². The Hall–Kier alpha value is -1.29. The molecule has 2 aromatic rings. The van der Waals surface area contributed by atoms with Crippen LogP contribution in [0, 0.1) is 6.92 Å². The zero-order valence-corrected chi connectivity index (χ0v) is 12.4. The highest BCUT2D eigenvalue weighted by Gasteiger charge is 2.07. The molecule has 2 rings (SSSR count). The fourth-order valence-electron chi connectivity index (χ4n) is 1.66. The van der Waals surface area contributed by atoms with Crippen LogP contribution >= 0.6 is 35.4 Å². The molecule has 0 saturated heterocycles. The first-order valence-electron chi connectivity index (χ1n) is 5.51. The fourth-order valence-corrected chi connectivity index (χ4v) is 2.21. The Morgan fingerprint density at radius 3 is 2.53 bits per heavy atom. The van der Waals surface area contributed by atoms with Gasteiger partial charge in [0.05, 0.1) is 5.02 Å². The maximum absolute atomic E-state index is 6.04. The second kappa shape index (κ2) is 5.78. The average molecular weight is 312 g/mol. The summed E-state index contributed by atoms with van der Waals surface area (Å²) in [7, 11) is 0. The van der Waals surface area contributed by atoms with Crippen molar-refractivity contribution in [3.05, 3.63) is 57.6 Å². The largest absolute Gasteiger partial charge is 0.456 e. The highest BCUT2D eigenvalue weighted by Crippen LogP contribution is 2.32. The van der Waals surface area contributed by atoms with Gasteiger partial charge in [-0.3, -0.25) is 0 Å². The Labute approximate surface area is 127 Å². The van der Waals surface area contributed by atoms with Crippen molar-refractivity contribution in [2.24, 2.45) is 5.73 Å². The number of thiocarbonyl (C=S) groups is 1. The topological polar surface area (TPSA) is 35.2 Å². The number of hydrogen-bond acceptors (Lipinski definition) is 2. The van der Waals surface area contributed by atoms with Crippen LogP contribution in [0.4, 0.5) is 0 Å². The average Bonchev–Trinajstić information content (AvgIpc) is 2.33. The second-order valence-corrected chi connectivity index (χ2v) is 5.30. The van der Waals surface area contributed by atoms with Gasteiger partial charge in [0.2, 0.25) is 0 Å². The molecule has 2 nitrogen and oxygen atoms in total. The lowest BCUT2D eigenvalue weighted by Crippen LogP contribution is -2.10. The molecular formula is C14H11Cl2NOS. The molecule has 19 heavy (non-hydrogen) atoms. The summed E-state index contributed by atoms with van der Waals surface area (Å²) in [5.41, 5.74) is 7.39. The SMILES string of the molecule is Cc1cc(Oc2cc(Cl)ccc2Cl)ccc1C(N)=S. The predicted octanol–water partition coefficient (Wildman–Crippen LogP) is 4.73. The lowest BCUT2D eigenvalue weighted by Gasteiger charge is -2.10. The Morgan fingerprint density at radius 2 is 1.89 bits per heavy atom. The van der Waals surface area contributed by atoms with E-state index in [1.165, 1.54) is 0 Å². The Bertz CT molecular complexity index is 643. The van der Waals surface area contributed by atoms with Gasteiger partial charge in [-0.2, -0.15) is 0 Å². The molecule has 0 aliphatic rings. The molecule has 0 heterocycles. The van der Waals surface area contributed by atoms with Crippen LogP contribution in [0.15, 0.2) is 36.4 Å². The smallest absolute Gasteiger partial charge is 0.147 e. The lowest BCUT2D eigenvalue weighted by molar-refractivity contribution is 0.482. The van der Waals surface area contributed by atoms with Crippen molar-refractivity contribution >= 4 is 40.4 Å². The van der Waals surface area contributed by atoms with E-state index in [4.69, 9.17) is 45.9 Å². The van der Waals surface area contributed by atoms with E-state index in [2.05, 4.69) is 0 Å². The Morgan fingerprint density at radius 1 is 1.16 bits per heavy atom. The molecule has 0 spiro atoms. The van der Waals surface area contributed by atoms with E-state index in [-0.39, 0.29) is 0 Å². The number of benzene rings is 2. The molecule has 0 bridgehead atoms. The molecule has 0 fully saturated rings. The summed E-state index contributed by atoms with van der Waals surface area (Å²) < 4.78 is 5.71.